The van der Waals surface area contributed by atoms with Crippen LogP contribution in [0.25, 0.3) is 32.2 Å². The van der Waals surface area contributed by atoms with Gasteiger partial charge in [-0.1, -0.05) is 197 Å². The number of aromatic nitrogens is 3. The summed E-state index contributed by atoms with van der Waals surface area (Å²) >= 11 is 3.18. The van der Waals surface area contributed by atoms with Crippen molar-refractivity contribution in [1.82, 2.24) is 61.6 Å². The zero-order chi connectivity index (χ0) is 83.5. The molecule has 3 saturated heterocycles. The number of nitrogens with one attached hydrogen (secondary N) is 6. The number of rotatable bonds is 21. The fraction of sp³-hybridized carbons (Fsp3) is 0.576. The fourth-order valence-electron chi connectivity index (χ4n) is 13.7. The van der Waals surface area contributed by atoms with Crippen LogP contribution in [0.15, 0.2) is 94.6 Å². The molecule has 6 heterocycles. The second-order valence-corrected chi connectivity index (χ2v) is 38.7. The second kappa shape index (κ2) is 37.5. The van der Waals surface area contributed by atoms with Gasteiger partial charge in [0.2, 0.25) is 53.2 Å². The molecule has 0 spiro atoms. The molecule has 10 unspecified atom stereocenters. The SMILES string of the molecule is Cc1ncoc1-c1ccc(CNC(=O)C2CC(O)CN2C(=O)C(NC(=O)CC(C)(C)C)C(C)(C)C)cc1.Cc1ncsc1-c1ccc(C(C)NC(=O)C2CC(O)CN2C(=O)C(NC(=O)CC(C)(C)C)C(C)(C)C)cc1.Cc1ncsc1-c1ccc(CNC(=O)C2CC(O)CN2C(=O)C(NC(=O)CC(C)(C)C)C(C)(C)C)cc1. The molecule has 9 rings (SSSR count). The largest absolute Gasteiger partial charge is 0.443 e. The molecule has 6 aromatic rings. The standard InChI is InChI=1S/C29H42N4O4S.C28H40N4O5.C28H40N4O4S/c1-17(19-9-11-20(12-10-19)24-18(2)30-16-38-24)31-26(36)22-13-21(34)15-33(22)27(37)25(29(6,7)8)32-23(35)14-28(3,4)5;2*1-17-23(37-16-30-17)19-10-8-18(9-11-19)14-29-25(35)21-12-20(33)15-32(21)26(36)24(28(5,6)7)31-22(34)13-27(2,3)4/h9-12,16-17,21-22,25,34H,13-15H2,1-8H3,(H,31,36)(H,32,35);2*8-11,16,20-21,24,33H,12-15H2,1-7H3,(H,29,35)(H,31,34). The highest BCUT2D eigenvalue weighted by molar-refractivity contribution is 7.13. The number of hydrogen-bond donors (Lipinski definition) is 9. The Morgan fingerprint density at radius 2 is 0.750 bits per heavy atom. The summed E-state index contributed by atoms with van der Waals surface area (Å²) in [6, 6.07) is 18.3. The second-order valence-electron chi connectivity index (χ2n) is 37.0. The van der Waals surface area contributed by atoms with E-state index in [9.17, 15) is 58.5 Å². The van der Waals surface area contributed by atoms with Crippen LogP contribution in [0.4, 0.5) is 0 Å². The first-order valence-electron chi connectivity index (χ1n) is 38.6. The van der Waals surface area contributed by atoms with E-state index in [4.69, 9.17) is 4.42 Å². The maximum absolute atomic E-state index is 13.7. The molecule has 0 bridgehead atoms. The van der Waals surface area contributed by atoms with Gasteiger partial charge in [0.05, 0.1) is 62.2 Å². The van der Waals surface area contributed by atoms with Gasteiger partial charge >= 0.3 is 0 Å². The highest BCUT2D eigenvalue weighted by Gasteiger charge is 2.48. The van der Waals surface area contributed by atoms with Crippen LogP contribution in [-0.4, -0.2) is 172 Å². The van der Waals surface area contributed by atoms with Crippen molar-refractivity contribution >= 4 is 75.8 Å². The van der Waals surface area contributed by atoms with Crippen LogP contribution in [0.5, 0.6) is 0 Å². The van der Waals surface area contributed by atoms with Crippen molar-refractivity contribution in [2.75, 3.05) is 19.6 Å². The molecule has 9 amide bonds. The van der Waals surface area contributed by atoms with Crippen molar-refractivity contribution in [2.24, 2.45) is 32.5 Å². The molecular formula is C85H122N12O13S2. The predicted octanol–water partition coefficient (Wildman–Crippen LogP) is 11.1. The van der Waals surface area contributed by atoms with Crippen LogP contribution in [0.1, 0.15) is 210 Å². The Hall–Kier alpha value is -8.76. The lowest BCUT2D eigenvalue weighted by Gasteiger charge is -2.36. The van der Waals surface area contributed by atoms with Gasteiger partial charge in [0.25, 0.3) is 0 Å². The van der Waals surface area contributed by atoms with E-state index in [0.29, 0.717) is 12.3 Å². The molecule has 3 aliphatic rings. The smallest absolute Gasteiger partial charge is 0.246 e. The monoisotopic (exact) mass is 1580 g/mol. The maximum atomic E-state index is 13.7. The van der Waals surface area contributed by atoms with E-state index < -0.39 is 70.8 Å². The van der Waals surface area contributed by atoms with E-state index in [0.717, 1.165) is 60.2 Å². The summed E-state index contributed by atoms with van der Waals surface area (Å²) in [5.41, 5.74) is 9.79. The van der Waals surface area contributed by atoms with Gasteiger partial charge in [0, 0.05) is 76.8 Å². The summed E-state index contributed by atoms with van der Waals surface area (Å²) in [6.45, 7) is 43.0. The molecule has 10 atom stereocenters. The molecule has 112 heavy (non-hydrogen) atoms. The number of benzene rings is 3. The third-order valence-corrected chi connectivity index (χ3v) is 21.5. The number of hydrogen-bond acceptors (Lipinski definition) is 18. The lowest BCUT2D eigenvalue weighted by Crippen LogP contribution is -2.58. The summed E-state index contributed by atoms with van der Waals surface area (Å²) in [5.74, 6) is -1.98. The number of amides is 9. The average molecular weight is 1580 g/mol. The molecule has 0 radical (unpaired) electrons. The zero-order valence-electron chi connectivity index (χ0n) is 69.6. The molecule has 0 saturated carbocycles. The minimum atomic E-state index is -0.824. The van der Waals surface area contributed by atoms with Gasteiger partial charge in [-0.2, -0.15) is 0 Å². The Kier molecular flexibility index (Phi) is 30.3. The molecule has 0 aliphatic carbocycles. The van der Waals surface area contributed by atoms with Gasteiger partial charge in [-0.05, 0) is 88.0 Å². The lowest BCUT2D eigenvalue weighted by atomic mass is 9.84. The van der Waals surface area contributed by atoms with Crippen molar-refractivity contribution in [1.29, 1.82) is 0 Å². The Balaban J connectivity index is 0.000000233. The molecular weight excluding hydrogens is 1460 g/mol. The number of thiazole rings is 2. The van der Waals surface area contributed by atoms with Crippen molar-refractivity contribution < 1.29 is 62.9 Å². The van der Waals surface area contributed by atoms with E-state index in [1.54, 1.807) is 22.7 Å². The lowest BCUT2D eigenvalue weighted by molar-refractivity contribution is -0.144. The molecule has 3 aromatic carbocycles. The van der Waals surface area contributed by atoms with Crippen LogP contribution in [0.2, 0.25) is 0 Å². The van der Waals surface area contributed by atoms with E-state index in [1.807, 2.05) is 236 Å². The highest BCUT2D eigenvalue weighted by Crippen LogP contribution is 2.35. The number of carbonyl (C=O) groups is 9. The van der Waals surface area contributed by atoms with E-state index in [-0.39, 0.29) is 140 Å². The minimum absolute atomic E-state index is 0.0455. The highest BCUT2D eigenvalue weighted by atomic mass is 32.1. The number of aliphatic hydroxyl groups is 3. The molecule has 9 N–H and O–H groups in total. The van der Waals surface area contributed by atoms with E-state index in [2.05, 4.69) is 46.9 Å². The number of carbonyl (C=O) groups excluding carboxylic acids is 9. The number of likely N-dealkylation sites (tertiary alicyclic amines) is 3. The van der Waals surface area contributed by atoms with Gasteiger partial charge in [-0.15, -0.1) is 22.7 Å². The van der Waals surface area contributed by atoms with Gasteiger partial charge in [-0.3, -0.25) is 43.2 Å². The first-order chi connectivity index (χ1) is 51.9. The fourth-order valence-corrected chi connectivity index (χ4v) is 15.3. The Morgan fingerprint density at radius 3 is 1.04 bits per heavy atom. The average Bonchev–Trinajstić information content (AvgIpc) is 1.59. The Morgan fingerprint density at radius 1 is 0.438 bits per heavy atom. The summed E-state index contributed by atoms with van der Waals surface area (Å²) in [5, 5.41) is 48.6. The van der Waals surface area contributed by atoms with Gasteiger partial charge in [0.15, 0.2) is 12.2 Å². The van der Waals surface area contributed by atoms with Crippen molar-refractivity contribution in [3.63, 3.8) is 0 Å². The van der Waals surface area contributed by atoms with Crippen LogP contribution >= 0.6 is 22.7 Å². The Labute approximate surface area is 669 Å². The van der Waals surface area contributed by atoms with Crippen molar-refractivity contribution in [2.45, 2.75) is 265 Å². The number of nitrogens with zero attached hydrogens (tertiary/aromatic N) is 6. The third kappa shape index (κ3) is 25.9. The third-order valence-electron chi connectivity index (χ3n) is 19.6. The zero-order valence-corrected chi connectivity index (χ0v) is 71.3. The summed E-state index contributed by atoms with van der Waals surface area (Å²) in [7, 11) is 0. The quantitative estimate of drug-likeness (QED) is 0.0323. The Bertz CT molecular complexity index is 4050. The topological polar surface area (TPSA) is 348 Å². The van der Waals surface area contributed by atoms with Crippen LogP contribution in [0, 0.1) is 53.3 Å². The number of β-amino-alcohol motifs (C(OH)–C–C–N with tert-alkyl or cyclic N) is 3. The molecule has 25 nitrogen and oxygen atoms in total. The van der Waals surface area contributed by atoms with Crippen LogP contribution in [0.3, 0.4) is 0 Å². The minimum Gasteiger partial charge on any atom is -0.443 e. The molecule has 27 heteroatoms. The number of aliphatic hydroxyl groups excluding tert-OH is 3. The van der Waals surface area contributed by atoms with E-state index >= 15 is 0 Å². The number of oxazole rings is 1. The van der Waals surface area contributed by atoms with Crippen LogP contribution < -0.4 is 31.9 Å². The normalized spacial score (nSPS) is 19.2. The van der Waals surface area contributed by atoms with Crippen LogP contribution in [-0.2, 0) is 56.2 Å². The van der Waals surface area contributed by atoms with Gasteiger partial charge < -0.3 is 66.3 Å². The summed E-state index contributed by atoms with van der Waals surface area (Å²) in [6.07, 6.45) is 0.276. The molecule has 612 valence electrons. The van der Waals surface area contributed by atoms with E-state index in [1.165, 1.54) is 21.1 Å². The van der Waals surface area contributed by atoms with Crippen molar-refractivity contribution in [3.8, 4) is 32.2 Å². The molecule has 3 aromatic heterocycles. The number of aryl methyl sites for hydroxylation is 3. The van der Waals surface area contributed by atoms with Gasteiger partial charge in [0.1, 0.15) is 36.3 Å². The molecule has 3 fully saturated rings. The first-order valence-corrected chi connectivity index (χ1v) is 40.3. The van der Waals surface area contributed by atoms with Crippen molar-refractivity contribution in [3.05, 3.63) is 124 Å². The maximum Gasteiger partial charge on any atom is 0.246 e. The summed E-state index contributed by atoms with van der Waals surface area (Å²) < 4.78 is 5.42. The predicted molar refractivity (Wildman–Crippen MR) is 436 cm³/mol. The summed E-state index contributed by atoms with van der Waals surface area (Å²) in [4.78, 5) is 138. The first kappa shape index (κ1) is 90.4. The van der Waals surface area contributed by atoms with Gasteiger partial charge in [-0.25, -0.2) is 15.0 Å². The molecule has 3 aliphatic heterocycles.